The first kappa shape index (κ1) is 13.2. The van der Waals surface area contributed by atoms with Gasteiger partial charge < -0.3 is 14.8 Å². The number of ether oxygens (including phenoxy) is 2. The predicted molar refractivity (Wildman–Crippen MR) is 69.2 cm³/mol. The Kier molecular flexibility index (Phi) is 4.24. The molecule has 1 N–H and O–H groups in total. The van der Waals surface area contributed by atoms with E-state index in [9.17, 15) is 4.79 Å². The van der Waals surface area contributed by atoms with Crippen molar-refractivity contribution in [3.63, 3.8) is 0 Å². The maximum Gasteiger partial charge on any atom is 0.252 e. The normalized spacial score (nSPS) is 14.3. The molecule has 2 rings (SSSR count). The molecular weight excluding hydrogens is 244 g/mol. The molecule has 0 saturated carbocycles. The molecule has 1 aromatic rings. The minimum Gasteiger partial charge on any atom is -0.486 e. The average molecular weight is 260 g/mol. The molecule has 0 spiro atoms. The molecule has 1 aliphatic heterocycles. The van der Waals surface area contributed by atoms with Gasteiger partial charge in [-0.05, 0) is 24.6 Å². The molecule has 1 aliphatic rings. The van der Waals surface area contributed by atoms with Gasteiger partial charge in [0.1, 0.15) is 19.3 Å². The monoisotopic (exact) mass is 260 g/mol. The molecule has 1 amide bonds. The summed E-state index contributed by atoms with van der Waals surface area (Å²) >= 11 is 0. The second kappa shape index (κ2) is 6.10. The second-order valence-electron chi connectivity index (χ2n) is 4.30. The van der Waals surface area contributed by atoms with E-state index in [1.807, 2.05) is 6.92 Å². The van der Waals surface area contributed by atoms with Gasteiger partial charge in [-0.15, -0.1) is 0 Å². The van der Waals surface area contributed by atoms with Crippen molar-refractivity contribution in [2.24, 2.45) is 0 Å². The number of amides is 1. The van der Waals surface area contributed by atoms with E-state index in [1.165, 1.54) is 0 Å². The Hall–Kier alpha value is -2.22. The SMILES string of the molecule is CCCC(C#N)NC(=O)c1ccc2c(c1)OCCO2. The van der Waals surface area contributed by atoms with Gasteiger partial charge in [-0.2, -0.15) is 5.26 Å². The van der Waals surface area contributed by atoms with Crippen LogP contribution in [-0.2, 0) is 0 Å². The fourth-order valence-corrected chi connectivity index (χ4v) is 1.88. The van der Waals surface area contributed by atoms with Crippen molar-refractivity contribution < 1.29 is 14.3 Å². The molecular formula is C14H16N2O3. The maximum absolute atomic E-state index is 12.0. The summed E-state index contributed by atoms with van der Waals surface area (Å²) in [5.41, 5.74) is 0.473. The average Bonchev–Trinajstić information content (AvgIpc) is 2.46. The van der Waals surface area contributed by atoms with E-state index in [2.05, 4.69) is 11.4 Å². The number of hydrogen-bond donors (Lipinski definition) is 1. The topological polar surface area (TPSA) is 71.4 Å². The third-order valence-corrected chi connectivity index (χ3v) is 2.84. The van der Waals surface area contributed by atoms with Crippen molar-refractivity contribution >= 4 is 5.91 Å². The Morgan fingerprint density at radius 1 is 1.42 bits per heavy atom. The van der Waals surface area contributed by atoms with Crippen LogP contribution in [0.15, 0.2) is 18.2 Å². The Labute approximate surface area is 112 Å². The van der Waals surface area contributed by atoms with Crippen molar-refractivity contribution in [2.45, 2.75) is 25.8 Å². The number of carbonyl (C=O) groups is 1. The predicted octanol–water partition coefficient (Wildman–Crippen LogP) is 1.88. The van der Waals surface area contributed by atoms with E-state index < -0.39 is 6.04 Å². The summed E-state index contributed by atoms with van der Waals surface area (Å²) in [6.07, 6.45) is 1.49. The Morgan fingerprint density at radius 3 is 2.84 bits per heavy atom. The highest BCUT2D eigenvalue weighted by Crippen LogP contribution is 2.30. The number of rotatable bonds is 4. The summed E-state index contributed by atoms with van der Waals surface area (Å²) in [7, 11) is 0. The Balaban J connectivity index is 2.09. The summed E-state index contributed by atoms with van der Waals surface area (Å²) in [5.74, 6) is 0.952. The summed E-state index contributed by atoms with van der Waals surface area (Å²) in [6, 6.07) is 6.65. The number of benzene rings is 1. The Morgan fingerprint density at radius 2 is 2.16 bits per heavy atom. The highest BCUT2D eigenvalue weighted by molar-refractivity contribution is 5.95. The number of hydrogen-bond acceptors (Lipinski definition) is 4. The van der Waals surface area contributed by atoms with E-state index in [0.717, 1.165) is 6.42 Å². The number of carbonyl (C=O) groups excluding carboxylic acids is 1. The molecule has 0 fully saturated rings. The van der Waals surface area contributed by atoms with Gasteiger partial charge in [-0.3, -0.25) is 4.79 Å². The molecule has 1 heterocycles. The largest absolute Gasteiger partial charge is 0.486 e. The van der Waals surface area contributed by atoms with Gasteiger partial charge in [0, 0.05) is 5.56 Å². The minimum atomic E-state index is -0.453. The van der Waals surface area contributed by atoms with Crippen molar-refractivity contribution in [3.8, 4) is 17.6 Å². The van der Waals surface area contributed by atoms with Crippen LogP contribution in [0.5, 0.6) is 11.5 Å². The molecule has 0 aromatic heterocycles. The zero-order chi connectivity index (χ0) is 13.7. The fourth-order valence-electron chi connectivity index (χ4n) is 1.88. The van der Waals surface area contributed by atoms with Gasteiger partial charge in [0.2, 0.25) is 0 Å². The lowest BCUT2D eigenvalue weighted by Gasteiger charge is -2.19. The van der Waals surface area contributed by atoms with Crippen LogP contribution in [0.4, 0.5) is 0 Å². The molecule has 19 heavy (non-hydrogen) atoms. The molecule has 1 aromatic carbocycles. The van der Waals surface area contributed by atoms with Crippen molar-refractivity contribution in [1.82, 2.24) is 5.32 Å². The van der Waals surface area contributed by atoms with Crippen molar-refractivity contribution in [1.29, 1.82) is 5.26 Å². The minimum absolute atomic E-state index is 0.267. The van der Waals surface area contributed by atoms with Crippen LogP contribution in [-0.4, -0.2) is 25.2 Å². The molecule has 100 valence electrons. The number of fused-ring (bicyclic) bond motifs is 1. The molecule has 1 unspecified atom stereocenters. The zero-order valence-corrected chi connectivity index (χ0v) is 10.8. The maximum atomic E-state index is 12.0. The van der Waals surface area contributed by atoms with Crippen LogP contribution in [0.25, 0.3) is 0 Å². The molecule has 0 radical (unpaired) electrons. The lowest BCUT2D eigenvalue weighted by atomic mass is 10.1. The van der Waals surface area contributed by atoms with E-state index in [1.54, 1.807) is 18.2 Å². The first-order valence-corrected chi connectivity index (χ1v) is 6.34. The summed E-state index contributed by atoms with van der Waals surface area (Å²) in [4.78, 5) is 12.0. The summed E-state index contributed by atoms with van der Waals surface area (Å²) in [6.45, 7) is 2.97. The molecule has 1 atom stereocenters. The van der Waals surface area contributed by atoms with Gasteiger partial charge >= 0.3 is 0 Å². The number of nitrogens with zero attached hydrogens (tertiary/aromatic N) is 1. The van der Waals surface area contributed by atoms with Crippen LogP contribution in [0, 0.1) is 11.3 Å². The smallest absolute Gasteiger partial charge is 0.252 e. The molecule has 0 aliphatic carbocycles. The Bertz CT molecular complexity index is 508. The second-order valence-corrected chi connectivity index (χ2v) is 4.30. The van der Waals surface area contributed by atoms with Gasteiger partial charge in [0.05, 0.1) is 6.07 Å². The third kappa shape index (κ3) is 3.16. The van der Waals surface area contributed by atoms with E-state index in [4.69, 9.17) is 14.7 Å². The van der Waals surface area contributed by atoms with Crippen LogP contribution in [0.3, 0.4) is 0 Å². The zero-order valence-electron chi connectivity index (χ0n) is 10.8. The first-order valence-electron chi connectivity index (χ1n) is 6.34. The highest BCUT2D eigenvalue weighted by Gasteiger charge is 2.17. The summed E-state index contributed by atoms with van der Waals surface area (Å²) in [5, 5.41) is 11.6. The molecule has 0 bridgehead atoms. The number of nitriles is 1. The van der Waals surface area contributed by atoms with Gasteiger partial charge in [-0.25, -0.2) is 0 Å². The third-order valence-electron chi connectivity index (χ3n) is 2.84. The van der Waals surface area contributed by atoms with Crippen LogP contribution >= 0.6 is 0 Å². The summed E-state index contributed by atoms with van der Waals surface area (Å²) < 4.78 is 10.8. The van der Waals surface area contributed by atoms with E-state index in [-0.39, 0.29) is 5.91 Å². The van der Waals surface area contributed by atoms with Crippen molar-refractivity contribution in [2.75, 3.05) is 13.2 Å². The number of nitrogens with one attached hydrogen (secondary N) is 1. The molecule has 5 nitrogen and oxygen atoms in total. The first-order chi connectivity index (χ1) is 9.24. The van der Waals surface area contributed by atoms with Crippen LogP contribution in [0.2, 0.25) is 0 Å². The lowest BCUT2D eigenvalue weighted by Crippen LogP contribution is -2.33. The molecule has 0 saturated heterocycles. The van der Waals surface area contributed by atoms with Gasteiger partial charge in [-0.1, -0.05) is 13.3 Å². The standard InChI is InChI=1S/C14H16N2O3/c1-2-3-11(9-15)16-14(17)10-4-5-12-13(8-10)19-7-6-18-12/h4-5,8,11H,2-3,6-7H2,1H3,(H,16,17). The molecule has 5 heteroatoms. The fraction of sp³-hybridized carbons (Fsp3) is 0.429. The highest BCUT2D eigenvalue weighted by atomic mass is 16.6. The van der Waals surface area contributed by atoms with Gasteiger partial charge in [0.15, 0.2) is 11.5 Å². The quantitative estimate of drug-likeness (QED) is 0.897. The van der Waals surface area contributed by atoms with Crippen LogP contribution < -0.4 is 14.8 Å². The van der Waals surface area contributed by atoms with Crippen LogP contribution in [0.1, 0.15) is 30.1 Å². The van der Waals surface area contributed by atoms with E-state index in [0.29, 0.717) is 36.7 Å². The lowest BCUT2D eigenvalue weighted by molar-refractivity contribution is 0.0942. The van der Waals surface area contributed by atoms with Gasteiger partial charge in [0.25, 0.3) is 5.91 Å². The van der Waals surface area contributed by atoms with E-state index >= 15 is 0 Å². The van der Waals surface area contributed by atoms with Crippen molar-refractivity contribution in [3.05, 3.63) is 23.8 Å².